The van der Waals surface area contributed by atoms with Crippen molar-refractivity contribution in [3.05, 3.63) is 34.4 Å². The van der Waals surface area contributed by atoms with E-state index in [9.17, 15) is 10.1 Å². The Balaban J connectivity index is 2.13. The van der Waals surface area contributed by atoms with Crippen molar-refractivity contribution in [1.82, 2.24) is 5.32 Å². The molecule has 0 aliphatic carbocycles. The van der Waals surface area contributed by atoms with Crippen molar-refractivity contribution in [3.63, 3.8) is 0 Å². The van der Waals surface area contributed by atoms with Crippen LogP contribution in [0.3, 0.4) is 0 Å². The summed E-state index contributed by atoms with van der Waals surface area (Å²) in [5.74, 6) is 1.07. The molecule has 0 fully saturated rings. The average molecular weight is 296 g/mol. The van der Waals surface area contributed by atoms with Gasteiger partial charge in [-0.15, -0.1) is 11.8 Å². The van der Waals surface area contributed by atoms with E-state index in [1.165, 1.54) is 25.7 Å². The summed E-state index contributed by atoms with van der Waals surface area (Å²) < 4.78 is 0. The lowest BCUT2D eigenvalue weighted by Gasteiger charge is -2.12. The van der Waals surface area contributed by atoms with E-state index in [2.05, 4.69) is 19.2 Å². The van der Waals surface area contributed by atoms with E-state index in [4.69, 9.17) is 0 Å². The first-order valence-corrected chi connectivity index (χ1v) is 8.22. The summed E-state index contributed by atoms with van der Waals surface area (Å²) in [7, 11) is 0. The molecule has 0 heterocycles. The molecule has 0 saturated heterocycles. The van der Waals surface area contributed by atoms with E-state index < -0.39 is 0 Å². The molecular formula is C15H24N2O2S. The van der Waals surface area contributed by atoms with Gasteiger partial charge in [-0.25, -0.2) is 0 Å². The smallest absolute Gasteiger partial charge is 0.269 e. The standard InChI is InChI=1S/C15H24N2O2S/c1-3-11-16-13(2)6-4-5-12-20-15-9-7-14(8-10-15)17(18)19/h7-10,13,16H,3-6,11-12H2,1-2H3. The molecule has 4 nitrogen and oxygen atoms in total. The van der Waals surface area contributed by atoms with Crippen LogP contribution in [-0.4, -0.2) is 23.3 Å². The highest BCUT2D eigenvalue weighted by Crippen LogP contribution is 2.22. The molecule has 0 amide bonds. The zero-order valence-electron chi connectivity index (χ0n) is 12.3. The number of hydrogen-bond donors (Lipinski definition) is 1. The molecule has 20 heavy (non-hydrogen) atoms. The summed E-state index contributed by atoms with van der Waals surface area (Å²) in [4.78, 5) is 11.3. The molecule has 0 bridgehead atoms. The van der Waals surface area contributed by atoms with Crippen molar-refractivity contribution in [1.29, 1.82) is 0 Å². The van der Waals surface area contributed by atoms with Crippen LogP contribution in [0.4, 0.5) is 5.69 Å². The second-order valence-electron chi connectivity index (χ2n) is 4.95. The molecule has 5 heteroatoms. The summed E-state index contributed by atoms with van der Waals surface area (Å²) in [6.07, 6.45) is 4.79. The van der Waals surface area contributed by atoms with Crippen LogP contribution in [0, 0.1) is 10.1 Å². The second-order valence-corrected chi connectivity index (χ2v) is 6.12. The van der Waals surface area contributed by atoms with Crippen LogP contribution in [0.25, 0.3) is 0 Å². The minimum absolute atomic E-state index is 0.158. The van der Waals surface area contributed by atoms with E-state index in [0.717, 1.165) is 17.2 Å². The van der Waals surface area contributed by atoms with Crippen LogP contribution >= 0.6 is 11.8 Å². The lowest BCUT2D eigenvalue weighted by atomic mass is 10.1. The number of nitrogens with zero attached hydrogens (tertiary/aromatic N) is 1. The molecule has 0 radical (unpaired) electrons. The SMILES string of the molecule is CCCNC(C)CCCCSc1ccc([N+](=O)[O-])cc1. The number of hydrogen-bond acceptors (Lipinski definition) is 4. The highest BCUT2D eigenvalue weighted by Gasteiger charge is 2.04. The predicted octanol–water partition coefficient (Wildman–Crippen LogP) is 4.25. The van der Waals surface area contributed by atoms with Crippen LogP contribution in [0.1, 0.15) is 39.5 Å². The fourth-order valence-corrected chi connectivity index (χ4v) is 2.81. The molecule has 0 saturated carbocycles. The minimum Gasteiger partial charge on any atom is -0.314 e. The molecule has 1 unspecified atom stereocenters. The van der Waals surface area contributed by atoms with Gasteiger partial charge in [-0.3, -0.25) is 10.1 Å². The van der Waals surface area contributed by atoms with Gasteiger partial charge in [0.1, 0.15) is 0 Å². The Bertz CT molecular complexity index is 395. The molecule has 1 aromatic carbocycles. The number of unbranched alkanes of at least 4 members (excludes halogenated alkanes) is 1. The van der Waals surface area contributed by atoms with Gasteiger partial charge in [-0.1, -0.05) is 13.3 Å². The van der Waals surface area contributed by atoms with E-state index >= 15 is 0 Å². The largest absolute Gasteiger partial charge is 0.314 e. The van der Waals surface area contributed by atoms with E-state index in [-0.39, 0.29) is 10.6 Å². The molecule has 0 spiro atoms. The maximum atomic E-state index is 10.5. The zero-order valence-corrected chi connectivity index (χ0v) is 13.1. The second kappa shape index (κ2) is 9.77. The molecular weight excluding hydrogens is 272 g/mol. The number of benzene rings is 1. The first-order chi connectivity index (χ1) is 9.63. The first-order valence-electron chi connectivity index (χ1n) is 7.24. The summed E-state index contributed by atoms with van der Waals surface area (Å²) in [6, 6.07) is 7.39. The van der Waals surface area contributed by atoms with Gasteiger partial charge in [0.15, 0.2) is 0 Å². The van der Waals surface area contributed by atoms with E-state index in [1.807, 2.05) is 12.1 Å². The Labute approximate surface area is 125 Å². The molecule has 0 aliphatic rings. The molecule has 1 N–H and O–H groups in total. The van der Waals surface area contributed by atoms with Crippen molar-refractivity contribution < 1.29 is 4.92 Å². The fourth-order valence-electron chi connectivity index (χ4n) is 1.90. The summed E-state index contributed by atoms with van der Waals surface area (Å²) in [5.41, 5.74) is 0.158. The Hall–Kier alpha value is -1.07. The number of thioether (sulfide) groups is 1. The van der Waals surface area contributed by atoms with Crippen LogP contribution in [-0.2, 0) is 0 Å². The summed E-state index contributed by atoms with van der Waals surface area (Å²) in [5, 5.41) is 14.0. The Morgan fingerprint density at radius 3 is 2.60 bits per heavy atom. The maximum Gasteiger partial charge on any atom is 0.269 e. The number of non-ortho nitro benzene ring substituents is 1. The third kappa shape index (κ3) is 6.91. The number of rotatable bonds is 10. The molecule has 112 valence electrons. The van der Waals surface area contributed by atoms with Gasteiger partial charge in [0, 0.05) is 23.1 Å². The monoisotopic (exact) mass is 296 g/mol. The van der Waals surface area contributed by atoms with Crippen molar-refractivity contribution in [2.45, 2.75) is 50.5 Å². The molecule has 0 aromatic heterocycles. The van der Waals surface area contributed by atoms with Gasteiger partial charge in [0.05, 0.1) is 4.92 Å². The van der Waals surface area contributed by atoms with Crippen LogP contribution < -0.4 is 5.32 Å². The van der Waals surface area contributed by atoms with E-state index in [1.54, 1.807) is 23.9 Å². The molecule has 1 aromatic rings. The molecule has 0 aliphatic heterocycles. The normalized spacial score (nSPS) is 12.3. The third-order valence-electron chi connectivity index (χ3n) is 3.09. The first kappa shape index (κ1) is 17.0. The average Bonchev–Trinajstić information content (AvgIpc) is 2.45. The van der Waals surface area contributed by atoms with Gasteiger partial charge in [0.25, 0.3) is 5.69 Å². The lowest BCUT2D eigenvalue weighted by molar-refractivity contribution is -0.384. The van der Waals surface area contributed by atoms with Gasteiger partial charge < -0.3 is 5.32 Å². The third-order valence-corrected chi connectivity index (χ3v) is 4.19. The summed E-state index contributed by atoms with van der Waals surface area (Å²) >= 11 is 1.77. The number of nitro benzene ring substituents is 1. The maximum absolute atomic E-state index is 10.5. The number of nitro groups is 1. The van der Waals surface area contributed by atoms with Crippen molar-refractivity contribution in [3.8, 4) is 0 Å². The van der Waals surface area contributed by atoms with Gasteiger partial charge in [-0.05, 0) is 50.6 Å². The topological polar surface area (TPSA) is 55.2 Å². The quantitative estimate of drug-likeness (QED) is 0.303. The van der Waals surface area contributed by atoms with Crippen molar-refractivity contribution in [2.24, 2.45) is 0 Å². The predicted molar refractivity (Wildman–Crippen MR) is 85.4 cm³/mol. The van der Waals surface area contributed by atoms with E-state index in [0.29, 0.717) is 6.04 Å². The van der Waals surface area contributed by atoms with Crippen molar-refractivity contribution >= 4 is 17.4 Å². The van der Waals surface area contributed by atoms with Crippen LogP contribution in [0.15, 0.2) is 29.2 Å². The van der Waals surface area contributed by atoms with Gasteiger partial charge >= 0.3 is 0 Å². The van der Waals surface area contributed by atoms with Crippen LogP contribution in [0.5, 0.6) is 0 Å². The van der Waals surface area contributed by atoms with Crippen molar-refractivity contribution in [2.75, 3.05) is 12.3 Å². The highest BCUT2D eigenvalue weighted by molar-refractivity contribution is 7.99. The van der Waals surface area contributed by atoms with Crippen LogP contribution in [0.2, 0.25) is 0 Å². The Morgan fingerprint density at radius 1 is 1.30 bits per heavy atom. The van der Waals surface area contributed by atoms with Gasteiger partial charge in [-0.2, -0.15) is 0 Å². The lowest BCUT2D eigenvalue weighted by Crippen LogP contribution is -2.26. The Morgan fingerprint density at radius 2 is 2.00 bits per heavy atom. The summed E-state index contributed by atoms with van der Waals surface area (Å²) in [6.45, 7) is 5.51. The molecule has 1 atom stereocenters. The molecule has 1 rings (SSSR count). The van der Waals surface area contributed by atoms with Gasteiger partial charge in [0.2, 0.25) is 0 Å². The Kier molecular flexibility index (Phi) is 8.30. The highest BCUT2D eigenvalue weighted by atomic mass is 32.2. The number of nitrogens with one attached hydrogen (secondary N) is 1. The fraction of sp³-hybridized carbons (Fsp3) is 0.600. The minimum atomic E-state index is -0.362. The zero-order chi connectivity index (χ0) is 14.8.